The van der Waals surface area contributed by atoms with Crippen molar-refractivity contribution in [2.45, 2.75) is 0 Å². The van der Waals surface area contributed by atoms with Gasteiger partial charge in [0.1, 0.15) is 5.75 Å². The summed E-state index contributed by atoms with van der Waals surface area (Å²) >= 11 is 0. The zero-order valence-electron chi connectivity index (χ0n) is 8.21. The van der Waals surface area contributed by atoms with E-state index in [9.17, 15) is 4.39 Å². The van der Waals surface area contributed by atoms with Gasteiger partial charge < -0.3 is 10.2 Å². The summed E-state index contributed by atoms with van der Waals surface area (Å²) in [6, 6.07) is 4.39. The molecule has 0 heterocycles. The lowest BCUT2D eigenvalue weighted by atomic mass is 10.3. The van der Waals surface area contributed by atoms with Crippen LogP contribution in [0.25, 0.3) is 0 Å². The highest BCUT2D eigenvalue weighted by Crippen LogP contribution is 2.18. The van der Waals surface area contributed by atoms with Gasteiger partial charge >= 0.3 is 10.4 Å². The van der Waals surface area contributed by atoms with Crippen molar-refractivity contribution in [3.8, 4) is 5.75 Å². The number of nitrogens with one attached hydrogen (secondary N) is 1. The summed E-state index contributed by atoms with van der Waals surface area (Å²) in [6.07, 6.45) is 0. The Bertz CT molecular complexity index is 428. The predicted molar refractivity (Wildman–Crippen MR) is 54.9 cm³/mol. The molecular weight excluding hydrogens is 243 g/mol. The Labute approximate surface area is 91.6 Å². The summed E-state index contributed by atoms with van der Waals surface area (Å²) in [5, 5.41) is 0. The molecule has 92 valence electrons. The molecule has 0 fully saturated rings. The highest BCUT2D eigenvalue weighted by molar-refractivity contribution is 7.79. The molecular formula is C7H11FN2O5S. The fourth-order valence-corrected chi connectivity index (χ4v) is 0.740. The number of halogens is 1. The van der Waals surface area contributed by atoms with E-state index < -0.39 is 16.2 Å². The van der Waals surface area contributed by atoms with Gasteiger partial charge in [-0.15, -0.1) is 0 Å². The van der Waals surface area contributed by atoms with Gasteiger partial charge in [-0.05, 0) is 12.1 Å². The van der Waals surface area contributed by atoms with Gasteiger partial charge in [0.2, 0.25) is 0 Å². The van der Waals surface area contributed by atoms with E-state index in [1.165, 1.54) is 19.2 Å². The van der Waals surface area contributed by atoms with Crippen molar-refractivity contribution in [2.24, 2.45) is 5.84 Å². The minimum absolute atomic E-state index is 0.255. The van der Waals surface area contributed by atoms with Crippen LogP contribution in [-0.4, -0.2) is 24.6 Å². The van der Waals surface area contributed by atoms with Crippen LogP contribution < -0.4 is 16.0 Å². The van der Waals surface area contributed by atoms with Crippen LogP contribution in [0.15, 0.2) is 18.2 Å². The highest BCUT2D eigenvalue weighted by atomic mass is 32.3. The SMILES string of the molecule is COc1ccc(NN)c(F)c1.O=S(=O)(O)O. The maximum Gasteiger partial charge on any atom is 0.394 e. The first-order valence-corrected chi connectivity index (χ1v) is 5.17. The Balaban J connectivity index is 0.000000385. The fraction of sp³-hybridized carbons (Fsp3) is 0.143. The molecule has 0 saturated carbocycles. The molecule has 0 aromatic heterocycles. The van der Waals surface area contributed by atoms with Gasteiger partial charge in [0.05, 0.1) is 12.8 Å². The average molecular weight is 254 g/mol. The minimum Gasteiger partial charge on any atom is -0.497 e. The molecule has 0 unspecified atom stereocenters. The summed E-state index contributed by atoms with van der Waals surface area (Å²) in [6.45, 7) is 0. The molecule has 16 heavy (non-hydrogen) atoms. The van der Waals surface area contributed by atoms with Crippen molar-refractivity contribution in [1.29, 1.82) is 0 Å². The molecule has 0 bridgehead atoms. The molecule has 1 rings (SSSR count). The van der Waals surface area contributed by atoms with E-state index in [1.54, 1.807) is 6.07 Å². The topological polar surface area (TPSA) is 122 Å². The van der Waals surface area contributed by atoms with Gasteiger partial charge in [-0.3, -0.25) is 14.9 Å². The van der Waals surface area contributed by atoms with Crippen LogP contribution >= 0.6 is 0 Å². The average Bonchev–Trinajstić information content (AvgIpc) is 2.15. The van der Waals surface area contributed by atoms with Crippen LogP contribution in [0.4, 0.5) is 10.1 Å². The van der Waals surface area contributed by atoms with E-state index in [1.807, 2.05) is 0 Å². The van der Waals surface area contributed by atoms with Crippen molar-refractivity contribution in [2.75, 3.05) is 12.5 Å². The minimum atomic E-state index is -4.67. The number of rotatable bonds is 2. The molecule has 0 aliphatic heterocycles. The third kappa shape index (κ3) is 6.95. The maximum atomic E-state index is 12.8. The molecule has 0 spiro atoms. The van der Waals surface area contributed by atoms with E-state index in [4.69, 9.17) is 28.1 Å². The standard InChI is InChI=1S/C7H9FN2O.H2O4S/c1-11-5-2-3-7(10-9)6(8)4-5;1-5(2,3)4/h2-4,10H,9H2,1H3;(H2,1,2,3,4). The lowest BCUT2D eigenvalue weighted by Gasteiger charge is -2.03. The summed E-state index contributed by atoms with van der Waals surface area (Å²) in [4.78, 5) is 0. The summed E-state index contributed by atoms with van der Waals surface area (Å²) in [5.41, 5.74) is 2.47. The number of hydrogen-bond donors (Lipinski definition) is 4. The summed E-state index contributed by atoms with van der Waals surface area (Å²) in [7, 11) is -3.19. The largest absolute Gasteiger partial charge is 0.497 e. The number of nitrogen functional groups attached to an aromatic ring is 1. The Morgan fingerprint density at radius 2 is 1.94 bits per heavy atom. The van der Waals surface area contributed by atoms with E-state index in [-0.39, 0.29) is 5.69 Å². The monoisotopic (exact) mass is 254 g/mol. The Kier molecular flexibility index (Phi) is 5.67. The van der Waals surface area contributed by atoms with Crippen LogP contribution in [-0.2, 0) is 10.4 Å². The molecule has 5 N–H and O–H groups in total. The first-order valence-electron chi connectivity index (χ1n) is 3.78. The lowest BCUT2D eigenvalue weighted by Crippen LogP contribution is -2.08. The van der Waals surface area contributed by atoms with Gasteiger partial charge in [0.25, 0.3) is 0 Å². The summed E-state index contributed by atoms with van der Waals surface area (Å²) in [5.74, 6) is 5.06. The molecule has 0 saturated heterocycles. The van der Waals surface area contributed by atoms with Crippen molar-refractivity contribution in [3.05, 3.63) is 24.0 Å². The summed E-state index contributed by atoms with van der Waals surface area (Å²) < 4.78 is 49.2. The third-order valence-corrected chi connectivity index (χ3v) is 1.33. The van der Waals surface area contributed by atoms with Gasteiger partial charge in [-0.1, -0.05) is 0 Å². The van der Waals surface area contributed by atoms with Gasteiger partial charge in [0, 0.05) is 6.07 Å². The Morgan fingerprint density at radius 1 is 1.44 bits per heavy atom. The molecule has 0 aliphatic carbocycles. The first kappa shape index (κ1) is 14.6. The number of ether oxygens (including phenoxy) is 1. The normalized spacial score (nSPS) is 10.1. The molecule has 0 aliphatic rings. The molecule has 0 radical (unpaired) electrons. The number of hydrogen-bond acceptors (Lipinski definition) is 5. The smallest absolute Gasteiger partial charge is 0.394 e. The maximum absolute atomic E-state index is 12.8. The second kappa shape index (κ2) is 6.23. The third-order valence-electron chi connectivity index (χ3n) is 1.33. The molecule has 0 atom stereocenters. The van der Waals surface area contributed by atoms with Gasteiger partial charge in [0.15, 0.2) is 5.82 Å². The van der Waals surface area contributed by atoms with Crippen LogP contribution in [0.1, 0.15) is 0 Å². The van der Waals surface area contributed by atoms with E-state index in [2.05, 4.69) is 5.43 Å². The Hall–Kier alpha value is -1.42. The van der Waals surface area contributed by atoms with Crippen molar-refractivity contribution >= 4 is 16.1 Å². The second-order valence-corrected chi connectivity index (χ2v) is 3.33. The van der Waals surface area contributed by atoms with Crippen molar-refractivity contribution in [1.82, 2.24) is 0 Å². The first-order chi connectivity index (χ1) is 7.27. The molecule has 1 aromatic carbocycles. The van der Waals surface area contributed by atoms with Crippen molar-refractivity contribution < 1.29 is 26.7 Å². The Morgan fingerprint density at radius 3 is 2.25 bits per heavy atom. The molecule has 7 nitrogen and oxygen atoms in total. The number of nitrogens with two attached hydrogens (primary N) is 1. The van der Waals surface area contributed by atoms with Crippen LogP contribution in [0, 0.1) is 5.82 Å². The highest BCUT2D eigenvalue weighted by Gasteiger charge is 2.00. The zero-order chi connectivity index (χ0) is 12.8. The second-order valence-electron chi connectivity index (χ2n) is 2.44. The number of anilines is 1. The molecule has 0 amide bonds. The van der Waals surface area contributed by atoms with E-state index >= 15 is 0 Å². The van der Waals surface area contributed by atoms with Gasteiger partial charge in [-0.2, -0.15) is 8.42 Å². The van der Waals surface area contributed by atoms with E-state index in [0.29, 0.717) is 5.75 Å². The number of hydrazine groups is 1. The number of benzene rings is 1. The molecule has 9 heteroatoms. The van der Waals surface area contributed by atoms with Crippen LogP contribution in [0.5, 0.6) is 5.75 Å². The van der Waals surface area contributed by atoms with E-state index in [0.717, 1.165) is 0 Å². The molecule has 1 aromatic rings. The van der Waals surface area contributed by atoms with Crippen molar-refractivity contribution in [3.63, 3.8) is 0 Å². The lowest BCUT2D eigenvalue weighted by molar-refractivity contribution is 0.381. The quantitative estimate of drug-likeness (QED) is 0.343. The fourth-order valence-electron chi connectivity index (χ4n) is 0.740. The number of methoxy groups -OCH3 is 1. The van der Waals surface area contributed by atoms with Crippen LogP contribution in [0.2, 0.25) is 0 Å². The predicted octanol–water partition coefficient (Wildman–Crippen LogP) is 0.467. The van der Waals surface area contributed by atoms with Gasteiger partial charge in [-0.25, -0.2) is 4.39 Å². The van der Waals surface area contributed by atoms with Crippen LogP contribution in [0.3, 0.4) is 0 Å². The zero-order valence-corrected chi connectivity index (χ0v) is 9.03.